The fourth-order valence-corrected chi connectivity index (χ4v) is 0.857. The van der Waals surface area contributed by atoms with Crippen molar-refractivity contribution in [1.29, 1.82) is 0 Å². The summed E-state index contributed by atoms with van der Waals surface area (Å²) in [6.07, 6.45) is 3.25. The van der Waals surface area contributed by atoms with Crippen molar-refractivity contribution in [3.63, 3.8) is 0 Å². The van der Waals surface area contributed by atoms with Crippen molar-refractivity contribution >= 4 is 0 Å². The normalized spacial score (nSPS) is 9.82. The van der Waals surface area contributed by atoms with Gasteiger partial charge in [0.1, 0.15) is 5.69 Å². The molecule has 0 bridgehead atoms. The first kappa shape index (κ1) is 6.09. The van der Waals surface area contributed by atoms with Crippen LogP contribution in [0.5, 0.6) is 0 Å². The van der Waals surface area contributed by atoms with Gasteiger partial charge in [-0.05, 0) is 24.3 Å². The van der Waals surface area contributed by atoms with Crippen LogP contribution in [0.1, 0.15) is 0 Å². The monoisotopic (exact) mass is 146 g/mol. The van der Waals surface area contributed by atoms with Gasteiger partial charge in [0.25, 0.3) is 0 Å². The second-order valence-corrected chi connectivity index (χ2v) is 2.09. The summed E-state index contributed by atoms with van der Waals surface area (Å²) in [5.74, 6) is 0.748. The van der Waals surface area contributed by atoms with Crippen LogP contribution in [0.15, 0.2) is 41.1 Å². The summed E-state index contributed by atoms with van der Waals surface area (Å²) in [5.41, 5.74) is 0.762. The topological polar surface area (TPSA) is 38.9 Å². The quantitative estimate of drug-likeness (QED) is 0.615. The zero-order chi connectivity index (χ0) is 7.52. The highest BCUT2D eigenvalue weighted by Crippen LogP contribution is 2.14. The fourth-order valence-electron chi connectivity index (χ4n) is 0.857. The first-order valence-electron chi connectivity index (χ1n) is 3.28. The predicted octanol–water partition coefficient (Wildman–Crippen LogP) is 1.74. The van der Waals surface area contributed by atoms with Gasteiger partial charge in [-0.15, -0.1) is 5.10 Å². The van der Waals surface area contributed by atoms with Gasteiger partial charge in [-0.1, -0.05) is 0 Å². The number of nitrogens with zero attached hydrogens (tertiary/aromatic N) is 2. The molecule has 2 rings (SSSR count). The van der Waals surface area contributed by atoms with Crippen molar-refractivity contribution in [1.82, 2.24) is 10.2 Å². The van der Waals surface area contributed by atoms with Gasteiger partial charge in [0, 0.05) is 6.20 Å². The fraction of sp³-hybridized carbons (Fsp3) is 0. The third kappa shape index (κ3) is 1.12. The SMILES string of the molecule is c1cnnc(-c2ccco2)c1. The summed E-state index contributed by atoms with van der Waals surface area (Å²) in [6.45, 7) is 0. The van der Waals surface area contributed by atoms with Crippen LogP contribution in [0.25, 0.3) is 11.5 Å². The van der Waals surface area contributed by atoms with E-state index in [1.54, 1.807) is 12.5 Å². The number of hydrogen-bond acceptors (Lipinski definition) is 3. The molecule has 0 saturated carbocycles. The minimum atomic E-state index is 0.748. The highest BCUT2D eigenvalue weighted by Gasteiger charge is 1.98. The zero-order valence-electron chi connectivity index (χ0n) is 5.77. The van der Waals surface area contributed by atoms with Gasteiger partial charge in [0.2, 0.25) is 0 Å². The van der Waals surface area contributed by atoms with E-state index in [0.29, 0.717) is 0 Å². The standard InChI is InChI=1S/C8H6N2O/c1-3-7(10-9-5-1)8-4-2-6-11-8/h1-6H. The lowest BCUT2D eigenvalue weighted by Crippen LogP contribution is -1.82. The molecule has 0 aromatic carbocycles. The highest BCUT2D eigenvalue weighted by atomic mass is 16.3. The van der Waals surface area contributed by atoms with Crippen LogP contribution in [0.4, 0.5) is 0 Å². The second kappa shape index (κ2) is 2.54. The Morgan fingerprint density at radius 3 is 2.82 bits per heavy atom. The van der Waals surface area contributed by atoms with Crippen LogP contribution in [0, 0.1) is 0 Å². The molecule has 2 heterocycles. The van der Waals surface area contributed by atoms with E-state index in [9.17, 15) is 0 Å². The zero-order valence-corrected chi connectivity index (χ0v) is 5.77. The first-order chi connectivity index (χ1) is 5.47. The molecule has 3 nitrogen and oxygen atoms in total. The third-order valence-corrected chi connectivity index (χ3v) is 1.35. The largest absolute Gasteiger partial charge is 0.463 e. The van der Waals surface area contributed by atoms with Crippen LogP contribution < -0.4 is 0 Å². The minimum absolute atomic E-state index is 0.748. The van der Waals surface area contributed by atoms with Gasteiger partial charge in [0.15, 0.2) is 5.76 Å². The van der Waals surface area contributed by atoms with Crippen LogP contribution in [0.2, 0.25) is 0 Å². The highest BCUT2D eigenvalue weighted by molar-refractivity contribution is 5.49. The van der Waals surface area contributed by atoms with Crippen LogP contribution in [-0.4, -0.2) is 10.2 Å². The van der Waals surface area contributed by atoms with E-state index in [1.807, 2.05) is 24.3 Å². The second-order valence-electron chi connectivity index (χ2n) is 2.09. The molecule has 0 saturated heterocycles. The van der Waals surface area contributed by atoms with Crippen molar-refractivity contribution in [2.75, 3.05) is 0 Å². The van der Waals surface area contributed by atoms with Gasteiger partial charge in [-0.25, -0.2) is 0 Å². The molecule has 0 radical (unpaired) electrons. The van der Waals surface area contributed by atoms with Gasteiger partial charge in [-0.2, -0.15) is 5.10 Å². The van der Waals surface area contributed by atoms with E-state index < -0.39 is 0 Å². The molecule has 54 valence electrons. The molecule has 11 heavy (non-hydrogen) atoms. The molecule has 3 heteroatoms. The van der Waals surface area contributed by atoms with Gasteiger partial charge in [0.05, 0.1) is 6.26 Å². The number of hydrogen-bond donors (Lipinski definition) is 0. The van der Waals surface area contributed by atoms with Crippen molar-refractivity contribution < 1.29 is 4.42 Å². The van der Waals surface area contributed by atoms with E-state index in [2.05, 4.69) is 10.2 Å². The Kier molecular flexibility index (Phi) is 1.41. The molecule has 2 aromatic rings. The van der Waals surface area contributed by atoms with Crippen molar-refractivity contribution in [2.45, 2.75) is 0 Å². The molecular formula is C8H6N2O. The van der Waals surface area contributed by atoms with Gasteiger partial charge in [-0.3, -0.25) is 0 Å². The van der Waals surface area contributed by atoms with Crippen molar-refractivity contribution in [3.8, 4) is 11.5 Å². The molecule has 0 spiro atoms. The molecule has 2 aromatic heterocycles. The molecule has 0 aliphatic heterocycles. The number of aromatic nitrogens is 2. The van der Waals surface area contributed by atoms with Crippen molar-refractivity contribution in [2.24, 2.45) is 0 Å². The lowest BCUT2D eigenvalue weighted by molar-refractivity contribution is 0.579. The molecule has 0 unspecified atom stereocenters. The maximum absolute atomic E-state index is 5.12. The Hall–Kier alpha value is -1.64. The summed E-state index contributed by atoms with van der Waals surface area (Å²) >= 11 is 0. The molecular weight excluding hydrogens is 140 g/mol. The third-order valence-electron chi connectivity index (χ3n) is 1.35. The molecule has 0 amide bonds. The average Bonchev–Trinajstić information content (AvgIpc) is 2.58. The maximum Gasteiger partial charge on any atom is 0.154 e. The molecule has 0 atom stereocenters. The van der Waals surface area contributed by atoms with E-state index in [-0.39, 0.29) is 0 Å². The van der Waals surface area contributed by atoms with E-state index >= 15 is 0 Å². The van der Waals surface area contributed by atoms with E-state index in [0.717, 1.165) is 11.5 Å². The van der Waals surface area contributed by atoms with Gasteiger partial charge < -0.3 is 4.42 Å². The molecule has 0 fully saturated rings. The lowest BCUT2D eigenvalue weighted by Gasteiger charge is -1.90. The Balaban J connectivity index is 2.46. The Morgan fingerprint density at radius 2 is 2.18 bits per heavy atom. The first-order valence-corrected chi connectivity index (χ1v) is 3.28. The van der Waals surface area contributed by atoms with E-state index in [1.165, 1.54) is 0 Å². The Bertz CT molecular complexity index is 315. The van der Waals surface area contributed by atoms with E-state index in [4.69, 9.17) is 4.42 Å². The Morgan fingerprint density at radius 1 is 1.18 bits per heavy atom. The summed E-state index contributed by atoms with van der Waals surface area (Å²) in [6, 6.07) is 7.35. The van der Waals surface area contributed by atoms with Crippen LogP contribution >= 0.6 is 0 Å². The molecule has 0 N–H and O–H groups in total. The number of furan rings is 1. The predicted molar refractivity (Wildman–Crippen MR) is 39.7 cm³/mol. The van der Waals surface area contributed by atoms with Crippen LogP contribution in [0.3, 0.4) is 0 Å². The summed E-state index contributed by atoms with van der Waals surface area (Å²) in [5, 5.41) is 7.61. The summed E-state index contributed by atoms with van der Waals surface area (Å²) < 4.78 is 5.12. The lowest BCUT2D eigenvalue weighted by atomic mass is 10.3. The van der Waals surface area contributed by atoms with Gasteiger partial charge >= 0.3 is 0 Å². The summed E-state index contributed by atoms with van der Waals surface area (Å²) in [7, 11) is 0. The summed E-state index contributed by atoms with van der Waals surface area (Å²) in [4.78, 5) is 0. The number of rotatable bonds is 1. The average molecular weight is 146 g/mol. The minimum Gasteiger partial charge on any atom is -0.463 e. The Labute approximate surface area is 63.7 Å². The smallest absolute Gasteiger partial charge is 0.154 e. The van der Waals surface area contributed by atoms with Crippen LogP contribution in [-0.2, 0) is 0 Å². The molecule has 0 aliphatic rings. The molecule has 0 aliphatic carbocycles. The maximum atomic E-state index is 5.12. The van der Waals surface area contributed by atoms with Crippen molar-refractivity contribution in [3.05, 3.63) is 36.7 Å².